The maximum Gasteiger partial charge on any atom is 0.321 e. The number of likely N-dealkylation sites (tertiary alicyclic amines) is 1. The summed E-state index contributed by atoms with van der Waals surface area (Å²) >= 11 is 7.50. The van der Waals surface area contributed by atoms with Crippen molar-refractivity contribution in [1.29, 1.82) is 0 Å². The highest BCUT2D eigenvalue weighted by atomic mass is 35.5. The lowest BCUT2D eigenvalue weighted by atomic mass is 9.95. The van der Waals surface area contributed by atoms with Crippen LogP contribution >= 0.6 is 22.9 Å². The maximum atomic E-state index is 12.9. The Labute approximate surface area is 168 Å². The number of piperidine rings is 1. The van der Waals surface area contributed by atoms with Gasteiger partial charge in [0.05, 0.1) is 10.9 Å². The third-order valence-corrected chi connectivity index (χ3v) is 6.04. The van der Waals surface area contributed by atoms with Crippen LogP contribution in [-0.2, 0) is 11.3 Å². The molecule has 3 rings (SSSR count). The van der Waals surface area contributed by atoms with Gasteiger partial charge in [0, 0.05) is 36.1 Å². The molecule has 1 N–H and O–H groups in total. The van der Waals surface area contributed by atoms with Gasteiger partial charge in [-0.2, -0.15) is 0 Å². The molecule has 7 heteroatoms. The van der Waals surface area contributed by atoms with E-state index in [0.717, 1.165) is 14.9 Å². The summed E-state index contributed by atoms with van der Waals surface area (Å²) in [5, 5.41) is 2.91. The highest BCUT2D eigenvalue weighted by Gasteiger charge is 2.30. The van der Waals surface area contributed by atoms with Gasteiger partial charge in [0.1, 0.15) is 0 Å². The Morgan fingerprint density at radius 1 is 1.19 bits per heavy atom. The Bertz CT molecular complexity index is 773. The Balaban J connectivity index is 1.51. The van der Waals surface area contributed by atoms with Crippen molar-refractivity contribution in [2.75, 3.05) is 25.0 Å². The van der Waals surface area contributed by atoms with Crippen molar-refractivity contribution in [3.63, 3.8) is 0 Å². The van der Waals surface area contributed by atoms with E-state index in [9.17, 15) is 9.59 Å². The lowest BCUT2D eigenvalue weighted by Crippen LogP contribution is -2.45. The van der Waals surface area contributed by atoms with Crippen LogP contribution in [0.5, 0.6) is 0 Å². The third kappa shape index (κ3) is 5.23. The molecule has 1 aliphatic rings. The molecule has 1 fully saturated rings. The second kappa shape index (κ2) is 9.24. The quantitative estimate of drug-likeness (QED) is 0.784. The molecule has 27 heavy (non-hydrogen) atoms. The van der Waals surface area contributed by atoms with Crippen molar-refractivity contribution in [1.82, 2.24) is 9.80 Å². The standard InChI is InChI=1S/C20H24ClN3O2S/c1-2-23(14-17-8-9-18(21)27-17)19(25)15-10-12-24(13-11-15)20(26)22-16-6-4-3-5-7-16/h3-9,15H,2,10-14H2,1H3,(H,22,26). The lowest BCUT2D eigenvalue weighted by Gasteiger charge is -2.34. The molecule has 0 saturated carbocycles. The first-order valence-electron chi connectivity index (χ1n) is 9.20. The van der Waals surface area contributed by atoms with Gasteiger partial charge in [0.2, 0.25) is 5.91 Å². The molecular formula is C20H24ClN3O2S. The molecule has 0 radical (unpaired) electrons. The second-order valence-electron chi connectivity index (χ2n) is 6.62. The number of nitrogens with one attached hydrogen (secondary N) is 1. The van der Waals surface area contributed by atoms with Crippen LogP contribution in [0, 0.1) is 5.92 Å². The van der Waals surface area contributed by atoms with Crippen LogP contribution in [0.25, 0.3) is 0 Å². The van der Waals surface area contributed by atoms with Crippen molar-refractivity contribution in [2.45, 2.75) is 26.3 Å². The summed E-state index contributed by atoms with van der Waals surface area (Å²) in [6, 6.07) is 13.2. The van der Waals surface area contributed by atoms with Gasteiger partial charge < -0.3 is 15.1 Å². The van der Waals surface area contributed by atoms with Crippen LogP contribution in [0.15, 0.2) is 42.5 Å². The number of hydrogen-bond acceptors (Lipinski definition) is 3. The summed E-state index contributed by atoms with van der Waals surface area (Å²) in [5.41, 5.74) is 0.785. The number of para-hydroxylation sites is 1. The molecule has 1 aromatic heterocycles. The summed E-state index contributed by atoms with van der Waals surface area (Å²) in [6.45, 7) is 4.45. The van der Waals surface area contributed by atoms with E-state index in [0.29, 0.717) is 39.0 Å². The lowest BCUT2D eigenvalue weighted by molar-refractivity contribution is -0.137. The van der Waals surface area contributed by atoms with Crippen LogP contribution in [0.1, 0.15) is 24.6 Å². The Kier molecular flexibility index (Phi) is 6.74. The molecule has 5 nitrogen and oxygen atoms in total. The van der Waals surface area contributed by atoms with Gasteiger partial charge in [-0.15, -0.1) is 11.3 Å². The van der Waals surface area contributed by atoms with E-state index in [2.05, 4.69) is 5.32 Å². The first kappa shape index (κ1) is 19.7. The zero-order valence-electron chi connectivity index (χ0n) is 15.4. The molecule has 144 valence electrons. The average Bonchev–Trinajstić information content (AvgIpc) is 3.11. The number of rotatable bonds is 5. The molecule has 0 atom stereocenters. The minimum atomic E-state index is -0.104. The summed E-state index contributed by atoms with van der Waals surface area (Å²) in [6.07, 6.45) is 1.39. The minimum absolute atomic E-state index is 0.0267. The highest BCUT2D eigenvalue weighted by Crippen LogP contribution is 2.25. The highest BCUT2D eigenvalue weighted by molar-refractivity contribution is 7.16. The van der Waals surface area contributed by atoms with Crippen molar-refractivity contribution < 1.29 is 9.59 Å². The van der Waals surface area contributed by atoms with E-state index >= 15 is 0 Å². The first-order chi connectivity index (χ1) is 13.1. The zero-order chi connectivity index (χ0) is 19.2. The number of carbonyl (C=O) groups excluding carboxylic acids is 2. The molecule has 0 bridgehead atoms. The number of amides is 3. The summed E-state index contributed by atoms with van der Waals surface area (Å²) < 4.78 is 0.742. The van der Waals surface area contributed by atoms with E-state index in [1.165, 1.54) is 11.3 Å². The number of halogens is 1. The monoisotopic (exact) mass is 405 g/mol. The van der Waals surface area contributed by atoms with Gasteiger partial charge in [0.25, 0.3) is 0 Å². The smallest absolute Gasteiger partial charge is 0.321 e. The van der Waals surface area contributed by atoms with Crippen molar-refractivity contribution in [3.8, 4) is 0 Å². The summed E-state index contributed by atoms with van der Waals surface area (Å²) in [4.78, 5) is 30.0. The minimum Gasteiger partial charge on any atom is -0.338 e. The summed E-state index contributed by atoms with van der Waals surface area (Å²) in [5.74, 6) is 0.145. The number of carbonyl (C=O) groups is 2. The van der Waals surface area contributed by atoms with Crippen LogP contribution in [0.4, 0.5) is 10.5 Å². The van der Waals surface area contributed by atoms with Crippen LogP contribution in [0.2, 0.25) is 4.34 Å². The van der Waals surface area contributed by atoms with Gasteiger partial charge in [0.15, 0.2) is 0 Å². The third-order valence-electron chi connectivity index (χ3n) is 4.83. The topological polar surface area (TPSA) is 52.7 Å². The van der Waals surface area contributed by atoms with Gasteiger partial charge in [-0.25, -0.2) is 4.79 Å². The van der Waals surface area contributed by atoms with Crippen molar-refractivity contribution in [2.24, 2.45) is 5.92 Å². The van der Waals surface area contributed by atoms with Crippen molar-refractivity contribution in [3.05, 3.63) is 51.7 Å². The average molecular weight is 406 g/mol. The molecule has 0 spiro atoms. The molecule has 2 aromatic rings. The Morgan fingerprint density at radius 3 is 2.48 bits per heavy atom. The van der Waals surface area contributed by atoms with Gasteiger partial charge in [-0.3, -0.25) is 4.79 Å². The zero-order valence-corrected chi connectivity index (χ0v) is 16.9. The Morgan fingerprint density at radius 2 is 1.89 bits per heavy atom. The molecule has 0 aliphatic carbocycles. The number of urea groups is 1. The number of hydrogen-bond donors (Lipinski definition) is 1. The molecule has 1 aromatic carbocycles. The van der Waals surface area contributed by atoms with Crippen LogP contribution < -0.4 is 5.32 Å². The number of nitrogens with zero attached hydrogens (tertiary/aromatic N) is 2. The first-order valence-corrected chi connectivity index (χ1v) is 10.4. The van der Waals surface area contributed by atoms with E-state index < -0.39 is 0 Å². The number of thiophene rings is 1. The van der Waals surface area contributed by atoms with Gasteiger partial charge in [-0.05, 0) is 44.0 Å². The SMILES string of the molecule is CCN(Cc1ccc(Cl)s1)C(=O)C1CCN(C(=O)Nc2ccccc2)CC1. The van der Waals surface area contributed by atoms with E-state index in [4.69, 9.17) is 11.6 Å². The maximum absolute atomic E-state index is 12.9. The predicted octanol–water partition coefficient (Wildman–Crippen LogP) is 4.69. The predicted molar refractivity (Wildman–Crippen MR) is 110 cm³/mol. The fourth-order valence-corrected chi connectivity index (χ4v) is 4.39. The number of anilines is 1. The number of benzene rings is 1. The molecule has 0 unspecified atom stereocenters. The molecule has 3 amide bonds. The normalized spacial score (nSPS) is 14.8. The van der Waals surface area contributed by atoms with E-state index in [1.54, 1.807) is 4.90 Å². The van der Waals surface area contributed by atoms with Crippen LogP contribution in [0.3, 0.4) is 0 Å². The van der Waals surface area contributed by atoms with E-state index in [-0.39, 0.29) is 17.9 Å². The molecule has 1 aliphatic heterocycles. The molecule has 1 saturated heterocycles. The Hall–Kier alpha value is -2.05. The van der Waals surface area contributed by atoms with Gasteiger partial charge >= 0.3 is 6.03 Å². The van der Waals surface area contributed by atoms with Crippen molar-refractivity contribution >= 4 is 40.6 Å². The summed E-state index contributed by atoms with van der Waals surface area (Å²) in [7, 11) is 0. The molecule has 2 heterocycles. The fraction of sp³-hybridized carbons (Fsp3) is 0.400. The van der Waals surface area contributed by atoms with E-state index in [1.807, 2.05) is 54.3 Å². The fourth-order valence-electron chi connectivity index (χ4n) is 3.28. The second-order valence-corrected chi connectivity index (χ2v) is 8.42. The molecular weight excluding hydrogens is 382 g/mol. The van der Waals surface area contributed by atoms with Gasteiger partial charge in [-0.1, -0.05) is 29.8 Å². The van der Waals surface area contributed by atoms with Crippen LogP contribution in [-0.4, -0.2) is 41.4 Å². The largest absolute Gasteiger partial charge is 0.338 e.